The molecule has 0 unspecified atom stereocenters. The van der Waals surface area contributed by atoms with Gasteiger partial charge in [0.25, 0.3) is 0 Å². The molecule has 1 nitrogen and oxygen atoms in total. The first-order chi connectivity index (χ1) is 4.43. The van der Waals surface area contributed by atoms with E-state index < -0.39 is 0 Å². The van der Waals surface area contributed by atoms with Crippen molar-refractivity contribution in [2.24, 2.45) is 0 Å². The molecule has 0 heterocycles. The quantitative estimate of drug-likeness (QED) is 0.600. The lowest BCUT2D eigenvalue weighted by Crippen LogP contribution is -2.27. The van der Waals surface area contributed by atoms with Crippen LogP contribution in [0.15, 0.2) is 0 Å². The average molecular weight is 148 g/mol. The lowest BCUT2D eigenvalue weighted by molar-refractivity contribution is 0.544. The van der Waals surface area contributed by atoms with Gasteiger partial charge in [-0.1, -0.05) is 12.8 Å². The zero-order valence-electron chi connectivity index (χ0n) is 5.70. The Bertz CT molecular complexity index is 69.3. The largest absolute Gasteiger partial charge is 0.313 e. The molecule has 1 N–H and O–H groups in total. The van der Waals surface area contributed by atoms with Gasteiger partial charge in [0.2, 0.25) is 0 Å². The molecule has 1 aliphatic rings. The van der Waals surface area contributed by atoms with Crippen LogP contribution < -0.4 is 5.32 Å². The minimum Gasteiger partial charge on any atom is -0.313 e. The highest BCUT2D eigenvalue weighted by atomic mass is 35.5. The van der Waals surface area contributed by atoms with Crippen LogP contribution in [0.25, 0.3) is 0 Å². The van der Waals surface area contributed by atoms with Gasteiger partial charge in [-0.2, -0.15) is 0 Å². The van der Waals surface area contributed by atoms with E-state index in [0.717, 1.165) is 18.5 Å². The minimum absolute atomic E-state index is 0.747. The highest BCUT2D eigenvalue weighted by Gasteiger charge is 2.12. The highest BCUT2D eigenvalue weighted by molar-refractivity contribution is 6.18. The molecule has 0 spiro atoms. The number of hydrogen-bond donors (Lipinski definition) is 1. The molecule has 1 fully saturated rings. The van der Waals surface area contributed by atoms with Crippen LogP contribution in [-0.4, -0.2) is 18.5 Å². The van der Waals surface area contributed by atoms with Crippen molar-refractivity contribution < 1.29 is 0 Å². The van der Waals surface area contributed by atoms with Crippen LogP contribution in [0.3, 0.4) is 0 Å². The van der Waals surface area contributed by atoms with E-state index in [1.165, 1.54) is 25.7 Å². The molecule has 0 amide bonds. The standard InChI is InChI=1S/C7H14ClN/c8-5-6-9-7-3-1-2-4-7/h7,9H,1-6H2. The molecule has 1 rings (SSSR count). The Morgan fingerprint density at radius 1 is 1.33 bits per heavy atom. The summed E-state index contributed by atoms with van der Waals surface area (Å²) < 4.78 is 0. The Balaban J connectivity index is 1.98. The Hall–Kier alpha value is 0.250. The second kappa shape index (κ2) is 4.13. The molecule has 2 heteroatoms. The van der Waals surface area contributed by atoms with Crippen molar-refractivity contribution >= 4 is 11.6 Å². The number of nitrogens with one attached hydrogen (secondary N) is 1. The third kappa shape index (κ3) is 2.55. The van der Waals surface area contributed by atoms with Crippen LogP contribution in [0, 0.1) is 0 Å². The zero-order valence-corrected chi connectivity index (χ0v) is 6.45. The maximum Gasteiger partial charge on any atom is 0.0348 e. The molecule has 0 bridgehead atoms. The molecule has 0 aromatic heterocycles. The van der Waals surface area contributed by atoms with Crippen molar-refractivity contribution in [1.29, 1.82) is 0 Å². The Morgan fingerprint density at radius 2 is 2.00 bits per heavy atom. The summed E-state index contributed by atoms with van der Waals surface area (Å²) in [5.74, 6) is 0.747. The lowest BCUT2D eigenvalue weighted by Gasteiger charge is -2.08. The van der Waals surface area contributed by atoms with Crippen LogP contribution in [0.4, 0.5) is 0 Å². The van der Waals surface area contributed by atoms with Gasteiger partial charge in [-0.05, 0) is 12.8 Å². The molecule has 1 saturated carbocycles. The highest BCUT2D eigenvalue weighted by Crippen LogP contribution is 2.17. The number of hydrogen-bond acceptors (Lipinski definition) is 1. The summed E-state index contributed by atoms with van der Waals surface area (Å²) in [5, 5.41) is 3.40. The van der Waals surface area contributed by atoms with E-state index in [1.807, 2.05) is 0 Å². The molecule has 0 aromatic rings. The normalized spacial score (nSPS) is 21.0. The summed E-state index contributed by atoms with van der Waals surface area (Å²) in [5.41, 5.74) is 0. The van der Waals surface area contributed by atoms with Gasteiger partial charge in [-0.3, -0.25) is 0 Å². The van der Waals surface area contributed by atoms with Crippen LogP contribution in [0.2, 0.25) is 0 Å². The second-order valence-corrected chi connectivity index (χ2v) is 3.00. The first-order valence-electron chi connectivity index (χ1n) is 3.73. The summed E-state index contributed by atoms with van der Waals surface area (Å²) >= 11 is 5.52. The van der Waals surface area contributed by atoms with E-state index in [-0.39, 0.29) is 0 Å². The zero-order chi connectivity index (χ0) is 6.53. The summed E-state index contributed by atoms with van der Waals surface area (Å²) in [6.07, 6.45) is 5.52. The first kappa shape index (κ1) is 7.36. The fraction of sp³-hybridized carbons (Fsp3) is 1.00. The first-order valence-corrected chi connectivity index (χ1v) is 4.26. The number of rotatable bonds is 3. The van der Waals surface area contributed by atoms with Crippen LogP contribution in [0.1, 0.15) is 25.7 Å². The van der Waals surface area contributed by atoms with Gasteiger partial charge >= 0.3 is 0 Å². The van der Waals surface area contributed by atoms with E-state index in [4.69, 9.17) is 11.6 Å². The molecule has 0 saturated heterocycles. The van der Waals surface area contributed by atoms with Gasteiger partial charge in [0.15, 0.2) is 0 Å². The van der Waals surface area contributed by atoms with E-state index in [2.05, 4.69) is 5.32 Å². The minimum atomic E-state index is 0.747. The molecule has 0 aromatic carbocycles. The van der Waals surface area contributed by atoms with Crippen molar-refractivity contribution in [2.75, 3.05) is 12.4 Å². The second-order valence-electron chi connectivity index (χ2n) is 2.62. The van der Waals surface area contributed by atoms with E-state index in [1.54, 1.807) is 0 Å². The Kier molecular flexibility index (Phi) is 3.37. The lowest BCUT2D eigenvalue weighted by atomic mass is 10.2. The van der Waals surface area contributed by atoms with Gasteiger partial charge in [-0.25, -0.2) is 0 Å². The number of alkyl halides is 1. The summed E-state index contributed by atoms with van der Waals surface area (Å²) in [6, 6.07) is 0.781. The molecular formula is C7H14ClN. The third-order valence-electron chi connectivity index (χ3n) is 1.88. The molecule has 0 radical (unpaired) electrons. The van der Waals surface area contributed by atoms with Gasteiger partial charge in [0, 0.05) is 18.5 Å². The third-order valence-corrected chi connectivity index (χ3v) is 2.07. The fourth-order valence-electron chi connectivity index (χ4n) is 1.39. The van der Waals surface area contributed by atoms with E-state index in [0.29, 0.717) is 0 Å². The SMILES string of the molecule is ClCCNC1CCCC1. The molecule has 54 valence electrons. The van der Waals surface area contributed by atoms with E-state index >= 15 is 0 Å². The molecule has 1 aliphatic carbocycles. The Morgan fingerprint density at radius 3 is 2.56 bits per heavy atom. The predicted molar refractivity (Wildman–Crippen MR) is 41.0 cm³/mol. The van der Waals surface area contributed by atoms with Gasteiger partial charge in [0.05, 0.1) is 0 Å². The van der Waals surface area contributed by atoms with Crippen LogP contribution in [0.5, 0.6) is 0 Å². The maximum absolute atomic E-state index is 5.52. The maximum atomic E-state index is 5.52. The van der Waals surface area contributed by atoms with Crippen molar-refractivity contribution in [1.82, 2.24) is 5.32 Å². The summed E-state index contributed by atoms with van der Waals surface area (Å²) in [4.78, 5) is 0. The van der Waals surface area contributed by atoms with Gasteiger partial charge in [-0.15, -0.1) is 11.6 Å². The van der Waals surface area contributed by atoms with E-state index in [9.17, 15) is 0 Å². The molecule has 0 atom stereocenters. The van der Waals surface area contributed by atoms with Gasteiger partial charge < -0.3 is 5.32 Å². The van der Waals surface area contributed by atoms with Gasteiger partial charge in [0.1, 0.15) is 0 Å². The molecule has 9 heavy (non-hydrogen) atoms. The monoisotopic (exact) mass is 147 g/mol. The summed E-state index contributed by atoms with van der Waals surface area (Å²) in [6.45, 7) is 0.978. The average Bonchev–Trinajstić information content (AvgIpc) is 2.34. The van der Waals surface area contributed by atoms with Crippen molar-refractivity contribution in [3.05, 3.63) is 0 Å². The van der Waals surface area contributed by atoms with Crippen molar-refractivity contribution in [3.63, 3.8) is 0 Å². The molecular weight excluding hydrogens is 134 g/mol. The topological polar surface area (TPSA) is 12.0 Å². The fourth-order valence-corrected chi connectivity index (χ4v) is 1.50. The molecule has 0 aliphatic heterocycles. The summed E-state index contributed by atoms with van der Waals surface area (Å²) in [7, 11) is 0. The van der Waals surface area contributed by atoms with Crippen LogP contribution >= 0.6 is 11.6 Å². The predicted octanol–water partition coefficient (Wildman–Crippen LogP) is 1.76. The van der Waals surface area contributed by atoms with Crippen LogP contribution in [-0.2, 0) is 0 Å². The Labute approximate surface area is 61.8 Å². The smallest absolute Gasteiger partial charge is 0.0348 e. The van der Waals surface area contributed by atoms with Crippen molar-refractivity contribution in [3.8, 4) is 0 Å². The van der Waals surface area contributed by atoms with Crippen molar-refractivity contribution in [2.45, 2.75) is 31.7 Å². The number of halogens is 1.